The van der Waals surface area contributed by atoms with Crippen LogP contribution in [0.4, 0.5) is 0 Å². The Balaban J connectivity index is 1.74. The van der Waals surface area contributed by atoms with Crippen LogP contribution in [0.5, 0.6) is 5.75 Å². The van der Waals surface area contributed by atoms with Gasteiger partial charge in [0.05, 0.1) is 11.1 Å². The number of carboxylic acid groups (broad SMARTS) is 1. The molecule has 1 aromatic heterocycles. The normalized spacial score (nSPS) is 12.7. The quantitative estimate of drug-likeness (QED) is 0.648. The Kier molecular flexibility index (Phi) is 5.95. The fourth-order valence-corrected chi connectivity index (χ4v) is 2.98. The number of fused-ring (bicyclic) bond motifs is 1. The number of para-hydroxylation sites is 2. The Morgan fingerprint density at radius 1 is 1.11 bits per heavy atom. The topological polar surface area (TPSA) is 68.7 Å². The first kappa shape index (κ1) is 19.8. The Bertz CT molecular complexity index is 962. The molecule has 0 radical (unpaired) electrons. The van der Waals surface area contributed by atoms with Crippen LogP contribution in [0, 0.1) is 0 Å². The molecule has 5 nitrogen and oxygen atoms in total. The molecular weight excluding hydrogens is 354 g/mol. The number of pyridine rings is 1. The van der Waals surface area contributed by atoms with Crippen molar-refractivity contribution in [2.75, 3.05) is 0 Å². The van der Waals surface area contributed by atoms with Crippen LogP contribution >= 0.6 is 0 Å². The lowest BCUT2D eigenvalue weighted by Crippen LogP contribution is -2.34. The lowest BCUT2D eigenvalue weighted by molar-refractivity contribution is -0.159. The number of aromatic nitrogens is 1. The van der Waals surface area contributed by atoms with E-state index in [2.05, 4.69) is 4.98 Å². The summed E-state index contributed by atoms with van der Waals surface area (Å²) in [7, 11) is 0. The average Bonchev–Trinajstić information content (AvgIpc) is 2.65. The molecular formula is C23H25NO4. The highest BCUT2D eigenvalue weighted by Gasteiger charge is 2.26. The van der Waals surface area contributed by atoms with Crippen molar-refractivity contribution in [1.82, 2.24) is 4.98 Å². The third-order valence-electron chi connectivity index (χ3n) is 4.19. The minimum Gasteiger partial charge on any atom is -0.489 e. The van der Waals surface area contributed by atoms with Crippen LogP contribution in [-0.2, 0) is 22.6 Å². The molecule has 3 aromatic rings. The van der Waals surface area contributed by atoms with Crippen molar-refractivity contribution >= 4 is 16.9 Å². The van der Waals surface area contributed by atoms with E-state index in [1.807, 2.05) is 75.4 Å². The van der Waals surface area contributed by atoms with Crippen LogP contribution in [-0.4, -0.2) is 27.8 Å². The van der Waals surface area contributed by atoms with Gasteiger partial charge in [0.2, 0.25) is 0 Å². The summed E-state index contributed by atoms with van der Waals surface area (Å²) in [6, 6.07) is 17.4. The molecule has 5 heteroatoms. The SMILES string of the molecule is CC(C)(C)OC(Cc1ccccc1OCc1cnc2ccccc2c1)C(=O)O. The highest BCUT2D eigenvalue weighted by molar-refractivity contribution is 5.78. The number of ether oxygens (including phenoxy) is 2. The maximum atomic E-state index is 11.6. The van der Waals surface area contributed by atoms with Crippen molar-refractivity contribution in [3.8, 4) is 5.75 Å². The van der Waals surface area contributed by atoms with Gasteiger partial charge in [0, 0.05) is 23.6 Å². The second-order valence-corrected chi connectivity index (χ2v) is 7.69. The van der Waals surface area contributed by atoms with Gasteiger partial charge < -0.3 is 14.6 Å². The van der Waals surface area contributed by atoms with Crippen LogP contribution in [0.1, 0.15) is 31.9 Å². The first-order valence-electron chi connectivity index (χ1n) is 9.27. The van der Waals surface area contributed by atoms with E-state index in [0.29, 0.717) is 12.4 Å². The van der Waals surface area contributed by atoms with Gasteiger partial charge in [-0.3, -0.25) is 4.98 Å². The number of benzene rings is 2. The van der Waals surface area contributed by atoms with Gasteiger partial charge in [-0.1, -0.05) is 36.4 Å². The molecule has 3 rings (SSSR count). The molecule has 0 fully saturated rings. The predicted molar refractivity (Wildman–Crippen MR) is 108 cm³/mol. The molecule has 2 aromatic carbocycles. The Labute approximate surface area is 164 Å². The van der Waals surface area contributed by atoms with Gasteiger partial charge in [-0.15, -0.1) is 0 Å². The van der Waals surface area contributed by atoms with Gasteiger partial charge in [0.1, 0.15) is 12.4 Å². The lowest BCUT2D eigenvalue weighted by Gasteiger charge is -2.25. The van der Waals surface area contributed by atoms with Crippen LogP contribution in [0.15, 0.2) is 60.8 Å². The van der Waals surface area contributed by atoms with Gasteiger partial charge in [-0.25, -0.2) is 4.79 Å². The molecule has 0 spiro atoms. The molecule has 0 saturated heterocycles. The van der Waals surface area contributed by atoms with E-state index in [1.165, 1.54) is 0 Å². The van der Waals surface area contributed by atoms with E-state index in [-0.39, 0.29) is 6.42 Å². The van der Waals surface area contributed by atoms with Gasteiger partial charge in [-0.05, 0) is 44.5 Å². The number of hydrogen-bond donors (Lipinski definition) is 1. The molecule has 0 aliphatic rings. The first-order chi connectivity index (χ1) is 13.3. The van der Waals surface area contributed by atoms with Crippen molar-refractivity contribution in [1.29, 1.82) is 0 Å². The van der Waals surface area contributed by atoms with Crippen molar-refractivity contribution in [3.05, 3.63) is 71.9 Å². The van der Waals surface area contributed by atoms with Crippen LogP contribution < -0.4 is 4.74 Å². The number of aliphatic carboxylic acids is 1. The molecule has 146 valence electrons. The van der Waals surface area contributed by atoms with Crippen molar-refractivity contribution in [2.24, 2.45) is 0 Å². The largest absolute Gasteiger partial charge is 0.489 e. The maximum Gasteiger partial charge on any atom is 0.333 e. The molecule has 1 atom stereocenters. The van der Waals surface area contributed by atoms with Gasteiger partial charge in [-0.2, -0.15) is 0 Å². The zero-order chi connectivity index (χ0) is 20.1. The second kappa shape index (κ2) is 8.40. The van der Waals surface area contributed by atoms with Gasteiger partial charge in [0.15, 0.2) is 6.10 Å². The molecule has 0 aliphatic heterocycles. The van der Waals surface area contributed by atoms with Crippen molar-refractivity contribution in [2.45, 2.75) is 45.5 Å². The average molecular weight is 379 g/mol. The van der Waals surface area contributed by atoms with Crippen LogP contribution in [0.25, 0.3) is 10.9 Å². The minimum atomic E-state index is -0.983. The summed E-state index contributed by atoms with van der Waals surface area (Å²) in [6.07, 6.45) is 1.10. The summed E-state index contributed by atoms with van der Waals surface area (Å²) in [6.45, 7) is 5.89. The highest BCUT2D eigenvalue weighted by atomic mass is 16.5. The minimum absolute atomic E-state index is 0.235. The van der Waals surface area contributed by atoms with E-state index in [1.54, 1.807) is 6.20 Å². The van der Waals surface area contributed by atoms with Gasteiger partial charge >= 0.3 is 5.97 Å². The number of rotatable bonds is 7. The number of nitrogens with zero attached hydrogens (tertiary/aromatic N) is 1. The zero-order valence-corrected chi connectivity index (χ0v) is 16.4. The van der Waals surface area contributed by atoms with E-state index in [4.69, 9.17) is 9.47 Å². The lowest BCUT2D eigenvalue weighted by atomic mass is 10.1. The molecule has 0 saturated carbocycles. The molecule has 0 amide bonds. The highest BCUT2D eigenvalue weighted by Crippen LogP contribution is 2.24. The summed E-state index contributed by atoms with van der Waals surface area (Å²) in [5, 5.41) is 10.6. The predicted octanol–water partition coefficient (Wildman–Crippen LogP) is 4.62. The molecule has 0 bridgehead atoms. The number of hydrogen-bond acceptors (Lipinski definition) is 4. The third-order valence-corrected chi connectivity index (χ3v) is 4.19. The Morgan fingerprint density at radius 2 is 1.82 bits per heavy atom. The van der Waals surface area contributed by atoms with Crippen molar-refractivity contribution < 1.29 is 19.4 Å². The van der Waals surface area contributed by atoms with Crippen LogP contribution in [0.2, 0.25) is 0 Å². The van der Waals surface area contributed by atoms with Gasteiger partial charge in [0.25, 0.3) is 0 Å². The monoisotopic (exact) mass is 379 g/mol. The fraction of sp³-hybridized carbons (Fsp3) is 0.304. The smallest absolute Gasteiger partial charge is 0.333 e. The van der Waals surface area contributed by atoms with Crippen LogP contribution in [0.3, 0.4) is 0 Å². The van der Waals surface area contributed by atoms with E-state index >= 15 is 0 Å². The summed E-state index contributed by atoms with van der Waals surface area (Å²) in [5.41, 5.74) is 2.15. The summed E-state index contributed by atoms with van der Waals surface area (Å²) < 4.78 is 11.7. The number of carbonyl (C=O) groups is 1. The summed E-state index contributed by atoms with van der Waals surface area (Å²) in [5.74, 6) is -0.331. The Morgan fingerprint density at radius 3 is 2.57 bits per heavy atom. The van der Waals surface area contributed by atoms with Crippen molar-refractivity contribution in [3.63, 3.8) is 0 Å². The standard InChI is InChI=1S/C23H25NO4/c1-23(2,3)28-21(22(25)26)13-18-9-5-7-11-20(18)27-15-16-12-17-8-4-6-10-19(17)24-14-16/h4-12,14,21H,13,15H2,1-3H3,(H,25,26). The summed E-state index contributed by atoms with van der Waals surface area (Å²) >= 11 is 0. The molecule has 1 unspecified atom stereocenters. The Hall–Kier alpha value is -2.92. The molecule has 28 heavy (non-hydrogen) atoms. The fourth-order valence-electron chi connectivity index (χ4n) is 2.98. The zero-order valence-electron chi connectivity index (χ0n) is 16.4. The second-order valence-electron chi connectivity index (χ2n) is 7.69. The molecule has 1 heterocycles. The first-order valence-corrected chi connectivity index (χ1v) is 9.27. The van der Waals surface area contributed by atoms with E-state index < -0.39 is 17.7 Å². The number of carboxylic acids is 1. The molecule has 1 N–H and O–H groups in total. The third kappa shape index (κ3) is 5.30. The van der Waals surface area contributed by atoms with E-state index in [9.17, 15) is 9.90 Å². The maximum absolute atomic E-state index is 11.6. The molecule has 0 aliphatic carbocycles. The summed E-state index contributed by atoms with van der Waals surface area (Å²) in [4.78, 5) is 16.1. The van der Waals surface area contributed by atoms with E-state index in [0.717, 1.165) is 22.0 Å².